The van der Waals surface area contributed by atoms with Gasteiger partial charge >= 0.3 is 0 Å². The molecule has 32 heavy (non-hydrogen) atoms. The molecule has 3 aromatic rings. The predicted molar refractivity (Wildman–Crippen MR) is 125 cm³/mol. The molecular weight excluding hydrogens is 402 g/mol. The van der Waals surface area contributed by atoms with Gasteiger partial charge in [-0.15, -0.1) is 5.10 Å². The van der Waals surface area contributed by atoms with Gasteiger partial charge in [-0.1, -0.05) is 6.07 Å². The van der Waals surface area contributed by atoms with Crippen molar-refractivity contribution in [1.29, 1.82) is 0 Å². The van der Waals surface area contributed by atoms with Crippen LogP contribution in [0.3, 0.4) is 0 Å². The van der Waals surface area contributed by atoms with Crippen molar-refractivity contribution in [2.75, 3.05) is 18.4 Å². The number of rotatable bonds is 8. The van der Waals surface area contributed by atoms with E-state index in [1.165, 1.54) is 31.2 Å². The van der Waals surface area contributed by atoms with Crippen molar-refractivity contribution in [3.05, 3.63) is 48.3 Å². The fourth-order valence-electron chi connectivity index (χ4n) is 4.26. The van der Waals surface area contributed by atoms with E-state index < -0.39 is 5.60 Å². The van der Waals surface area contributed by atoms with Crippen LogP contribution in [0.25, 0.3) is 10.9 Å². The Labute approximate surface area is 188 Å². The smallest absolute Gasteiger partial charge is 0.268 e. The van der Waals surface area contributed by atoms with Crippen LogP contribution in [-0.2, 0) is 17.9 Å². The maximum atomic E-state index is 13.0. The highest BCUT2D eigenvalue weighted by Crippen LogP contribution is 2.35. The molecule has 0 spiro atoms. The Morgan fingerprint density at radius 1 is 1.22 bits per heavy atom. The third kappa shape index (κ3) is 4.63. The molecule has 1 aliphatic heterocycles. The quantitative estimate of drug-likeness (QED) is 0.575. The predicted octanol–water partition coefficient (Wildman–Crippen LogP) is 4.23. The van der Waals surface area contributed by atoms with Crippen molar-refractivity contribution >= 4 is 22.5 Å². The van der Waals surface area contributed by atoms with Gasteiger partial charge in [0.2, 0.25) is 5.88 Å². The van der Waals surface area contributed by atoms with Crippen LogP contribution in [0.15, 0.2) is 42.7 Å². The molecule has 0 bridgehead atoms. The van der Waals surface area contributed by atoms with Gasteiger partial charge in [-0.05, 0) is 88.4 Å². The third-order valence-electron chi connectivity index (χ3n) is 6.33. The zero-order valence-electron chi connectivity index (χ0n) is 18.9. The van der Waals surface area contributed by atoms with E-state index in [0.29, 0.717) is 17.5 Å². The van der Waals surface area contributed by atoms with Gasteiger partial charge in [0.05, 0.1) is 22.8 Å². The SMILES string of the molecule is CC(C)(Oc1nn(CC2CC2)c2ccc(CN3CCCC3)cc12)C(=O)Nc1cccnc1. The van der Waals surface area contributed by atoms with Gasteiger partial charge in [-0.3, -0.25) is 19.4 Å². The number of hydrogen-bond donors (Lipinski definition) is 1. The van der Waals surface area contributed by atoms with Gasteiger partial charge < -0.3 is 10.1 Å². The highest BCUT2D eigenvalue weighted by Gasteiger charge is 2.33. The number of nitrogens with one attached hydrogen (secondary N) is 1. The number of hydrogen-bond acceptors (Lipinski definition) is 5. The Morgan fingerprint density at radius 3 is 2.75 bits per heavy atom. The number of aromatic nitrogens is 3. The van der Waals surface area contributed by atoms with Gasteiger partial charge in [0.25, 0.3) is 5.91 Å². The number of pyridine rings is 1. The lowest BCUT2D eigenvalue weighted by Crippen LogP contribution is -2.42. The summed E-state index contributed by atoms with van der Waals surface area (Å²) in [5.74, 6) is 0.982. The fourth-order valence-corrected chi connectivity index (χ4v) is 4.26. The molecule has 7 heteroatoms. The minimum atomic E-state index is -1.09. The highest BCUT2D eigenvalue weighted by atomic mass is 16.5. The van der Waals surface area contributed by atoms with Crippen LogP contribution in [0.2, 0.25) is 0 Å². The second-order valence-corrected chi connectivity index (χ2v) is 9.57. The van der Waals surface area contributed by atoms with E-state index in [0.717, 1.165) is 37.1 Å². The normalized spacial score (nSPS) is 17.1. The first kappa shape index (κ1) is 20.9. The van der Waals surface area contributed by atoms with Crippen LogP contribution in [-0.4, -0.2) is 44.3 Å². The van der Waals surface area contributed by atoms with E-state index in [1.807, 2.05) is 6.07 Å². The summed E-state index contributed by atoms with van der Waals surface area (Å²) in [5, 5.41) is 8.67. The minimum Gasteiger partial charge on any atom is -0.460 e. The van der Waals surface area contributed by atoms with E-state index in [1.54, 1.807) is 32.3 Å². The molecule has 3 heterocycles. The topological polar surface area (TPSA) is 72.3 Å². The van der Waals surface area contributed by atoms with Crippen molar-refractivity contribution in [2.24, 2.45) is 5.92 Å². The number of likely N-dealkylation sites (tertiary alicyclic amines) is 1. The zero-order chi connectivity index (χ0) is 22.1. The molecule has 1 amide bonds. The number of benzene rings is 1. The monoisotopic (exact) mass is 433 g/mol. The summed E-state index contributed by atoms with van der Waals surface area (Å²) in [7, 11) is 0. The average Bonchev–Trinajstić information content (AvgIpc) is 3.34. The molecule has 2 aliphatic rings. The summed E-state index contributed by atoms with van der Waals surface area (Å²) in [6, 6.07) is 10.2. The fraction of sp³-hybridized carbons (Fsp3) is 0.480. The van der Waals surface area contributed by atoms with Gasteiger partial charge in [0, 0.05) is 19.3 Å². The van der Waals surface area contributed by atoms with E-state index in [9.17, 15) is 4.79 Å². The number of amides is 1. The van der Waals surface area contributed by atoms with E-state index in [4.69, 9.17) is 9.84 Å². The summed E-state index contributed by atoms with van der Waals surface area (Å²) in [6.07, 6.45) is 8.35. The zero-order valence-corrected chi connectivity index (χ0v) is 18.9. The summed E-state index contributed by atoms with van der Waals surface area (Å²) in [5.41, 5.74) is 1.88. The number of carbonyl (C=O) groups excluding carboxylic acids is 1. The molecule has 1 saturated carbocycles. The molecule has 1 saturated heterocycles. The number of anilines is 1. The first-order chi connectivity index (χ1) is 15.5. The molecule has 2 fully saturated rings. The van der Waals surface area contributed by atoms with E-state index in [-0.39, 0.29) is 5.91 Å². The summed E-state index contributed by atoms with van der Waals surface area (Å²) in [4.78, 5) is 19.5. The summed E-state index contributed by atoms with van der Waals surface area (Å²) in [6.45, 7) is 7.70. The lowest BCUT2D eigenvalue weighted by molar-refractivity contribution is -0.128. The largest absolute Gasteiger partial charge is 0.460 e. The van der Waals surface area contributed by atoms with Crippen LogP contribution in [0.4, 0.5) is 5.69 Å². The Bertz CT molecular complexity index is 1100. The molecule has 0 radical (unpaired) electrons. The first-order valence-electron chi connectivity index (χ1n) is 11.6. The molecule has 0 atom stereocenters. The second-order valence-electron chi connectivity index (χ2n) is 9.57. The van der Waals surface area contributed by atoms with E-state index in [2.05, 4.69) is 38.1 Å². The van der Waals surface area contributed by atoms with Crippen molar-refractivity contribution in [3.63, 3.8) is 0 Å². The van der Waals surface area contributed by atoms with Gasteiger partial charge in [0.15, 0.2) is 5.60 Å². The molecule has 1 N–H and O–H groups in total. The molecule has 5 rings (SSSR count). The van der Waals surface area contributed by atoms with Crippen LogP contribution in [0.1, 0.15) is 45.1 Å². The van der Waals surface area contributed by atoms with Crippen LogP contribution in [0, 0.1) is 5.92 Å². The van der Waals surface area contributed by atoms with Crippen LogP contribution < -0.4 is 10.1 Å². The van der Waals surface area contributed by atoms with Crippen molar-refractivity contribution < 1.29 is 9.53 Å². The highest BCUT2D eigenvalue weighted by molar-refractivity contribution is 5.97. The minimum absolute atomic E-state index is 0.233. The van der Waals surface area contributed by atoms with Crippen molar-refractivity contribution in [1.82, 2.24) is 19.7 Å². The lowest BCUT2D eigenvalue weighted by Gasteiger charge is -2.24. The Morgan fingerprint density at radius 2 is 2.03 bits per heavy atom. The number of fused-ring (bicyclic) bond motifs is 1. The molecule has 2 aromatic heterocycles. The number of carbonyl (C=O) groups is 1. The Balaban J connectivity index is 1.41. The van der Waals surface area contributed by atoms with Crippen LogP contribution >= 0.6 is 0 Å². The second kappa shape index (κ2) is 8.54. The number of nitrogens with zero attached hydrogens (tertiary/aromatic N) is 4. The maximum Gasteiger partial charge on any atom is 0.268 e. The molecule has 1 aliphatic carbocycles. The summed E-state index contributed by atoms with van der Waals surface area (Å²) >= 11 is 0. The Kier molecular flexibility index (Phi) is 5.59. The van der Waals surface area contributed by atoms with Gasteiger partial charge in [0.1, 0.15) is 0 Å². The first-order valence-corrected chi connectivity index (χ1v) is 11.6. The number of ether oxygens (including phenoxy) is 1. The van der Waals surface area contributed by atoms with Crippen molar-refractivity contribution in [2.45, 2.75) is 58.2 Å². The standard InChI is InChI=1S/C25H31N5O2/c1-25(2,24(31)27-20-6-5-11-26-15-20)32-23-21-14-19(16-29-12-3-4-13-29)9-10-22(21)30(28-23)17-18-7-8-18/h5-6,9-11,14-15,18H,3-4,7-8,12-13,16-17H2,1-2H3,(H,27,31). The lowest BCUT2D eigenvalue weighted by atomic mass is 10.1. The van der Waals surface area contributed by atoms with E-state index >= 15 is 0 Å². The molecule has 1 aromatic carbocycles. The molecule has 7 nitrogen and oxygen atoms in total. The van der Waals surface area contributed by atoms with Gasteiger partial charge in [-0.2, -0.15) is 0 Å². The van der Waals surface area contributed by atoms with Crippen LogP contribution in [0.5, 0.6) is 5.88 Å². The maximum absolute atomic E-state index is 13.0. The Hall–Kier alpha value is -2.93. The molecular formula is C25H31N5O2. The van der Waals surface area contributed by atoms with Crippen molar-refractivity contribution in [3.8, 4) is 5.88 Å². The van der Waals surface area contributed by atoms with Gasteiger partial charge in [-0.25, -0.2) is 0 Å². The third-order valence-corrected chi connectivity index (χ3v) is 6.33. The average molecular weight is 434 g/mol. The summed E-state index contributed by atoms with van der Waals surface area (Å²) < 4.78 is 8.33. The molecule has 0 unspecified atom stereocenters. The molecule has 168 valence electrons.